The Morgan fingerprint density at radius 3 is 2.54 bits per heavy atom. The largest absolute Gasteiger partial charge is 0.362 e. The molecule has 1 heterocycles. The quantitative estimate of drug-likeness (QED) is 0.515. The molecule has 0 unspecified atom stereocenters. The predicted octanol–water partition coefficient (Wildman–Crippen LogP) is 6.26. The Labute approximate surface area is 178 Å². The van der Waals surface area contributed by atoms with Crippen LogP contribution >= 0.6 is 51.3 Å². The number of nitrogens with zero attached hydrogens (tertiary/aromatic N) is 1. The molecule has 0 amide bonds. The van der Waals surface area contributed by atoms with Crippen LogP contribution in [0.15, 0.2) is 34.9 Å². The maximum Gasteiger partial charge on any atom is 0.172 e. The van der Waals surface area contributed by atoms with Gasteiger partial charge in [0.1, 0.15) is 5.82 Å². The first kappa shape index (κ1) is 19.9. The van der Waals surface area contributed by atoms with Gasteiger partial charge in [0.25, 0.3) is 0 Å². The number of hydrogen-bond acceptors (Lipinski definition) is 2. The molecule has 3 rings (SSSR count). The summed E-state index contributed by atoms with van der Waals surface area (Å²) in [6.45, 7) is 2.72. The molecule has 0 atom stereocenters. The van der Waals surface area contributed by atoms with Crippen molar-refractivity contribution in [2.24, 2.45) is 0 Å². The minimum atomic E-state index is 0.0941. The van der Waals surface area contributed by atoms with Gasteiger partial charge in [0.05, 0.1) is 9.50 Å². The highest BCUT2D eigenvalue weighted by Crippen LogP contribution is 2.41. The van der Waals surface area contributed by atoms with Crippen LogP contribution in [0.2, 0.25) is 10.0 Å². The molecule has 7 heteroatoms. The zero-order chi connectivity index (χ0) is 18.7. The summed E-state index contributed by atoms with van der Waals surface area (Å²) in [5.74, 6) is 0.663. The summed E-state index contributed by atoms with van der Waals surface area (Å²) in [5, 5.41) is 8.48. The number of benzene rings is 1. The van der Waals surface area contributed by atoms with E-state index < -0.39 is 0 Å². The number of hydrogen-bond donors (Lipinski definition) is 2. The Morgan fingerprint density at radius 2 is 1.88 bits per heavy atom. The third-order valence-electron chi connectivity index (χ3n) is 5.04. The van der Waals surface area contributed by atoms with Crippen molar-refractivity contribution >= 4 is 62.3 Å². The molecule has 1 aliphatic rings. The summed E-state index contributed by atoms with van der Waals surface area (Å²) in [7, 11) is 0. The van der Waals surface area contributed by atoms with E-state index >= 15 is 0 Å². The van der Waals surface area contributed by atoms with Crippen molar-refractivity contribution in [3.8, 4) is 0 Å². The lowest BCUT2D eigenvalue weighted by atomic mass is 9.79. The van der Waals surface area contributed by atoms with Crippen molar-refractivity contribution in [3.63, 3.8) is 0 Å². The molecule has 1 aromatic carbocycles. The molecule has 1 saturated carbocycles. The van der Waals surface area contributed by atoms with Gasteiger partial charge in [-0.1, -0.05) is 48.2 Å². The molecule has 1 aromatic heterocycles. The summed E-state index contributed by atoms with van der Waals surface area (Å²) in [6, 6.07) is 8.19. The van der Waals surface area contributed by atoms with E-state index in [1.807, 2.05) is 19.1 Å². The highest BCUT2D eigenvalue weighted by Gasteiger charge is 2.35. The predicted molar refractivity (Wildman–Crippen MR) is 118 cm³/mol. The van der Waals surface area contributed by atoms with E-state index in [0.717, 1.165) is 34.4 Å². The molecule has 1 aliphatic carbocycles. The molecule has 0 radical (unpaired) electrons. The number of aromatic nitrogens is 1. The van der Waals surface area contributed by atoms with Gasteiger partial charge in [-0.3, -0.25) is 0 Å². The van der Waals surface area contributed by atoms with E-state index in [-0.39, 0.29) is 5.41 Å². The maximum absolute atomic E-state index is 6.09. The Balaban J connectivity index is 1.69. The third kappa shape index (κ3) is 4.33. The fraction of sp³-hybridized carbons (Fsp3) is 0.368. The van der Waals surface area contributed by atoms with Gasteiger partial charge in [0, 0.05) is 23.2 Å². The van der Waals surface area contributed by atoms with Gasteiger partial charge >= 0.3 is 0 Å². The zero-order valence-corrected chi connectivity index (χ0v) is 18.3. The van der Waals surface area contributed by atoms with Crippen molar-refractivity contribution in [2.45, 2.75) is 38.0 Å². The second-order valence-corrected chi connectivity index (χ2v) is 8.74. The second-order valence-electron chi connectivity index (χ2n) is 6.70. The van der Waals surface area contributed by atoms with Gasteiger partial charge < -0.3 is 10.6 Å². The van der Waals surface area contributed by atoms with Gasteiger partial charge in [-0.15, -0.1) is 0 Å². The van der Waals surface area contributed by atoms with Crippen LogP contribution in [0.25, 0.3) is 0 Å². The number of nitrogens with one attached hydrogen (secondary N) is 2. The first-order valence-electron chi connectivity index (χ1n) is 8.53. The highest BCUT2D eigenvalue weighted by molar-refractivity contribution is 9.10. The molecule has 3 nitrogen and oxygen atoms in total. The molecule has 0 bridgehead atoms. The van der Waals surface area contributed by atoms with Crippen LogP contribution in [0, 0.1) is 6.92 Å². The van der Waals surface area contributed by atoms with Gasteiger partial charge in [0.15, 0.2) is 5.11 Å². The average molecular weight is 473 g/mol. The molecule has 138 valence electrons. The van der Waals surface area contributed by atoms with Crippen molar-refractivity contribution in [1.29, 1.82) is 0 Å². The maximum atomic E-state index is 6.09. The number of rotatable bonds is 4. The summed E-state index contributed by atoms with van der Waals surface area (Å²) < 4.78 is 0.822. The van der Waals surface area contributed by atoms with Gasteiger partial charge in [-0.25, -0.2) is 4.98 Å². The molecular formula is C19H20BrCl2N3S. The molecule has 1 fully saturated rings. The number of pyridine rings is 1. The smallest absolute Gasteiger partial charge is 0.172 e. The summed E-state index contributed by atoms with van der Waals surface area (Å²) in [5.41, 5.74) is 2.34. The molecular weight excluding hydrogens is 453 g/mol. The van der Waals surface area contributed by atoms with Crippen LogP contribution in [0.1, 0.15) is 36.8 Å². The number of thiocarbonyl (C=S) groups is 1. The van der Waals surface area contributed by atoms with E-state index in [9.17, 15) is 0 Å². The Kier molecular flexibility index (Phi) is 6.44. The van der Waals surface area contributed by atoms with E-state index in [1.165, 1.54) is 18.4 Å². The summed E-state index contributed by atoms with van der Waals surface area (Å²) in [4.78, 5) is 4.31. The van der Waals surface area contributed by atoms with Crippen molar-refractivity contribution < 1.29 is 0 Å². The molecule has 0 spiro atoms. The summed E-state index contributed by atoms with van der Waals surface area (Å²) >= 11 is 21.2. The fourth-order valence-electron chi connectivity index (χ4n) is 3.47. The topological polar surface area (TPSA) is 37.0 Å². The SMILES string of the molecule is Cc1c(Cl)cnc(NC(=S)NCC2(c3ccc(Cl)cc3)CCCC2)c1Br. The van der Waals surface area contributed by atoms with Crippen molar-refractivity contribution in [3.05, 3.63) is 56.1 Å². The zero-order valence-electron chi connectivity index (χ0n) is 14.4. The third-order valence-corrected chi connectivity index (χ3v) is 6.89. The Morgan fingerprint density at radius 1 is 1.23 bits per heavy atom. The van der Waals surface area contributed by atoms with Crippen LogP contribution in [0.3, 0.4) is 0 Å². The van der Waals surface area contributed by atoms with E-state index in [1.54, 1.807) is 6.20 Å². The molecule has 26 heavy (non-hydrogen) atoms. The van der Waals surface area contributed by atoms with E-state index in [0.29, 0.717) is 16.0 Å². The number of halogens is 3. The van der Waals surface area contributed by atoms with E-state index in [4.69, 9.17) is 35.4 Å². The van der Waals surface area contributed by atoms with Crippen molar-refractivity contribution in [2.75, 3.05) is 11.9 Å². The van der Waals surface area contributed by atoms with Gasteiger partial charge in [-0.05, 0) is 71.2 Å². The summed E-state index contributed by atoms with van der Waals surface area (Å²) in [6.07, 6.45) is 6.37. The van der Waals surface area contributed by atoms with Crippen LogP contribution in [-0.4, -0.2) is 16.6 Å². The first-order valence-corrected chi connectivity index (χ1v) is 10.5. The number of anilines is 1. The van der Waals surface area contributed by atoms with Gasteiger partial charge in [0.2, 0.25) is 0 Å². The first-order chi connectivity index (χ1) is 12.4. The minimum Gasteiger partial charge on any atom is -0.362 e. The molecule has 0 aliphatic heterocycles. The fourth-order valence-corrected chi connectivity index (χ4v) is 4.44. The van der Waals surface area contributed by atoms with Crippen LogP contribution in [0.4, 0.5) is 5.82 Å². The minimum absolute atomic E-state index is 0.0941. The van der Waals surface area contributed by atoms with Crippen LogP contribution in [-0.2, 0) is 5.41 Å². The molecule has 2 aromatic rings. The highest BCUT2D eigenvalue weighted by atomic mass is 79.9. The lowest BCUT2D eigenvalue weighted by Crippen LogP contribution is -2.41. The Hall–Kier alpha value is -0.880. The monoisotopic (exact) mass is 471 g/mol. The molecule has 2 N–H and O–H groups in total. The van der Waals surface area contributed by atoms with Crippen LogP contribution < -0.4 is 10.6 Å². The van der Waals surface area contributed by atoms with E-state index in [2.05, 4.69) is 43.7 Å². The van der Waals surface area contributed by atoms with Crippen LogP contribution in [0.5, 0.6) is 0 Å². The standard InChI is InChI=1S/C19H20BrCl2N3S/c1-12-15(22)10-23-17(16(12)20)25-18(26)24-11-19(8-2-3-9-19)13-4-6-14(21)7-5-13/h4-7,10H,2-3,8-9,11H2,1H3,(H2,23,24,25,26). The normalized spacial score (nSPS) is 15.7. The van der Waals surface area contributed by atoms with Gasteiger partial charge in [-0.2, -0.15) is 0 Å². The molecule has 0 saturated heterocycles. The average Bonchev–Trinajstić information content (AvgIpc) is 3.11. The lowest BCUT2D eigenvalue weighted by Gasteiger charge is -2.30. The second kappa shape index (κ2) is 8.42. The van der Waals surface area contributed by atoms with Crippen molar-refractivity contribution in [1.82, 2.24) is 10.3 Å². The Bertz CT molecular complexity index is 805. The lowest BCUT2D eigenvalue weighted by molar-refractivity contribution is 0.435.